The van der Waals surface area contributed by atoms with Gasteiger partial charge < -0.3 is 9.72 Å². The lowest BCUT2D eigenvalue weighted by atomic mass is 9.95. The zero-order valence-electron chi connectivity index (χ0n) is 21.0. The predicted octanol–water partition coefficient (Wildman–Crippen LogP) is 5.63. The molecule has 9 heteroatoms. The van der Waals surface area contributed by atoms with E-state index in [1.165, 1.54) is 24.1 Å². The number of rotatable bonds is 10. The monoisotopic (exact) mass is 506 g/mol. The minimum atomic E-state index is -0.0652. The van der Waals surface area contributed by atoms with Crippen molar-refractivity contribution in [3.63, 3.8) is 0 Å². The largest absolute Gasteiger partial charge is 0.494 e. The second-order valence-corrected chi connectivity index (χ2v) is 10.5. The summed E-state index contributed by atoms with van der Waals surface area (Å²) in [6.45, 7) is 5.97. The molecule has 1 aromatic carbocycles. The Morgan fingerprint density at radius 1 is 1.17 bits per heavy atom. The van der Waals surface area contributed by atoms with E-state index in [9.17, 15) is 4.79 Å². The van der Waals surface area contributed by atoms with Gasteiger partial charge in [0.05, 0.1) is 18.7 Å². The number of aromatic amines is 1. The number of H-pyrrole nitrogens is 1. The number of pyridine rings is 1. The van der Waals surface area contributed by atoms with Gasteiger partial charge in [0.2, 0.25) is 0 Å². The Balaban J connectivity index is 1.50. The van der Waals surface area contributed by atoms with E-state index in [0.717, 1.165) is 53.8 Å². The van der Waals surface area contributed by atoms with E-state index in [1.54, 1.807) is 11.3 Å². The van der Waals surface area contributed by atoms with E-state index in [1.807, 2.05) is 31.2 Å². The van der Waals surface area contributed by atoms with Gasteiger partial charge in [-0.15, -0.1) is 16.4 Å². The average Bonchev–Trinajstić information content (AvgIpc) is 3.58. The number of fused-ring (bicyclic) bond motifs is 1. The van der Waals surface area contributed by atoms with Crippen LogP contribution in [-0.4, -0.2) is 36.7 Å². The maximum atomic E-state index is 13.1. The van der Waals surface area contributed by atoms with Gasteiger partial charge in [0.1, 0.15) is 5.75 Å². The van der Waals surface area contributed by atoms with Crippen molar-refractivity contribution >= 4 is 22.2 Å². The molecule has 0 aliphatic heterocycles. The maximum absolute atomic E-state index is 13.1. The zero-order valence-corrected chi connectivity index (χ0v) is 21.8. The van der Waals surface area contributed by atoms with Crippen LogP contribution >= 0.6 is 11.3 Å². The summed E-state index contributed by atoms with van der Waals surface area (Å²) in [6.07, 6.45) is 6.80. The van der Waals surface area contributed by atoms with Gasteiger partial charge in [0.25, 0.3) is 5.56 Å². The maximum Gasteiger partial charge on any atom is 0.252 e. The SMILES string of the molecule is CCOc1ccc2[nH]c(=O)c(CN(Cc3cccs3)C(CC)c3nnnn3C3CCCCC3)cc2c1. The molecule has 36 heavy (non-hydrogen) atoms. The van der Waals surface area contributed by atoms with Crippen LogP contribution in [0.2, 0.25) is 0 Å². The van der Waals surface area contributed by atoms with Crippen LogP contribution in [0.25, 0.3) is 10.9 Å². The summed E-state index contributed by atoms with van der Waals surface area (Å²) in [5, 5.41) is 16.1. The Kier molecular flexibility index (Phi) is 7.77. The first-order valence-electron chi connectivity index (χ1n) is 13.0. The van der Waals surface area contributed by atoms with Gasteiger partial charge in [0.15, 0.2) is 5.82 Å². The molecule has 0 radical (unpaired) electrons. The number of aromatic nitrogens is 5. The summed E-state index contributed by atoms with van der Waals surface area (Å²) in [5.74, 6) is 1.70. The first-order chi connectivity index (χ1) is 17.7. The van der Waals surface area contributed by atoms with E-state index >= 15 is 0 Å². The third-order valence-corrected chi connectivity index (χ3v) is 7.94. The lowest BCUT2D eigenvalue weighted by molar-refractivity contribution is 0.157. The summed E-state index contributed by atoms with van der Waals surface area (Å²) >= 11 is 1.73. The molecule has 8 nitrogen and oxygen atoms in total. The van der Waals surface area contributed by atoms with Gasteiger partial charge in [-0.05, 0) is 72.3 Å². The Bertz CT molecular complexity index is 1330. The molecule has 4 aromatic rings. The molecule has 1 fully saturated rings. The first kappa shape index (κ1) is 24.6. The van der Waals surface area contributed by atoms with Gasteiger partial charge in [-0.25, -0.2) is 4.68 Å². The molecule has 190 valence electrons. The third-order valence-electron chi connectivity index (χ3n) is 7.08. The van der Waals surface area contributed by atoms with E-state index < -0.39 is 0 Å². The second kappa shape index (κ2) is 11.3. The molecule has 1 N–H and O–H groups in total. The van der Waals surface area contributed by atoms with Crippen molar-refractivity contribution in [2.24, 2.45) is 0 Å². The van der Waals surface area contributed by atoms with E-state index in [0.29, 0.717) is 19.2 Å². The van der Waals surface area contributed by atoms with Crippen LogP contribution in [0.15, 0.2) is 46.6 Å². The molecule has 1 aliphatic carbocycles. The standard InChI is InChI=1S/C27H34N6O2S/c1-3-25(26-29-30-31-33(26)21-9-6-5-7-10-21)32(18-23-11-8-14-36-23)17-20-15-19-16-22(35-4-2)12-13-24(19)28-27(20)34/h8,11-16,21,25H,3-7,9-10,17-18H2,1-2H3,(H,28,34). The van der Waals surface area contributed by atoms with Crippen molar-refractivity contribution in [1.29, 1.82) is 0 Å². The molecular weight excluding hydrogens is 472 g/mol. The highest BCUT2D eigenvalue weighted by Gasteiger charge is 2.29. The van der Waals surface area contributed by atoms with Crippen molar-refractivity contribution < 1.29 is 4.74 Å². The molecule has 5 rings (SSSR count). The number of nitrogens with one attached hydrogen (secondary N) is 1. The Hall–Kier alpha value is -3.04. The van der Waals surface area contributed by atoms with Crippen molar-refractivity contribution in [2.75, 3.05) is 6.61 Å². The molecule has 0 spiro atoms. The highest BCUT2D eigenvalue weighted by Crippen LogP contribution is 2.33. The minimum Gasteiger partial charge on any atom is -0.494 e. The topological polar surface area (TPSA) is 88.9 Å². The normalized spacial score (nSPS) is 15.5. The molecule has 1 atom stereocenters. The van der Waals surface area contributed by atoms with E-state index in [-0.39, 0.29) is 11.6 Å². The lowest BCUT2D eigenvalue weighted by Gasteiger charge is -2.31. The van der Waals surface area contributed by atoms with Gasteiger partial charge in [-0.1, -0.05) is 32.3 Å². The third kappa shape index (κ3) is 5.37. The summed E-state index contributed by atoms with van der Waals surface area (Å²) in [4.78, 5) is 19.8. The number of nitrogens with zero attached hydrogens (tertiary/aromatic N) is 5. The quantitative estimate of drug-likeness (QED) is 0.300. The molecule has 3 heterocycles. The van der Waals surface area contributed by atoms with Crippen molar-refractivity contribution in [1.82, 2.24) is 30.1 Å². The van der Waals surface area contributed by atoms with Crippen LogP contribution in [0.1, 0.15) is 80.7 Å². The van der Waals surface area contributed by atoms with Crippen molar-refractivity contribution in [2.45, 2.75) is 77.5 Å². The molecule has 1 aliphatic rings. The van der Waals surface area contributed by atoms with Crippen LogP contribution in [0.3, 0.4) is 0 Å². The summed E-state index contributed by atoms with van der Waals surface area (Å²) in [5.41, 5.74) is 1.47. The predicted molar refractivity (Wildman–Crippen MR) is 142 cm³/mol. The summed E-state index contributed by atoms with van der Waals surface area (Å²) in [7, 11) is 0. The summed E-state index contributed by atoms with van der Waals surface area (Å²) < 4.78 is 7.75. The number of thiophene rings is 1. The van der Waals surface area contributed by atoms with E-state index in [4.69, 9.17) is 4.74 Å². The Morgan fingerprint density at radius 3 is 2.78 bits per heavy atom. The molecule has 0 amide bonds. The smallest absolute Gasteiger partial charge is 0.252 e. The van der Waals surface area contributed by atoms with Crippen LogP contribution < -0.4 is 10.3 Å². The second-order valence-electron chi connectivity index (χ2n) is 9.49. The number of hydrogen-bond donors (Lipinski definition) is 1. The number of tetrazole rings is 1. The highest BCUT2D eigenvalue weighted by atomic mass is 32.1. The van der Waals surface area contributed by atoms with Gasteiger partial charge in [-0.2, -0.15) is 0 Å². The lowest BCUT2D eigenvalue weighted by Crippen LogP contribution is -2.33. The van der Waals surface area contributed by atoms with Crippen LogP contribution in [0, 0.1) is 0 Å². The van der Waals surface area contributed by atoms with Crippen LogP contribution in [0.5, 0.6) is 5.75 Å². The first-order valence-corrected chi connectivity index (χ1v) is 13.9. The van der Waals surface area contributed by atoms with Crippen molar-refractivity contribution in [3.05, 3.63) is 68.4 Å². The van der Waals surface area contributed by atoms with Gasteiger partial charge in [0, 0.05) is 34.4 Å². The molecule has 3 aromatic heterocycles. The number of benzene rings is 1. The molecular formula is C27H34N6O2S. The number of hydrogen-bond acceptors (Lipinski definition) is 7. The van der Waals surface area contributed by atoms with Crippen LogP contribution in [-0.2, 0) is 13.1 Å². The molecule has 0 saturated heterocycles. The minimum absolute atomic E-state index is 0.00566. The fourth-order valence-electron chi connectivity index (χ4n) is 5.31. The van der Waals surface area contributed by atoms with Crippen molar-refractivity contribution in [3.8, 4) is 5.75 Å². The Morgan fingerprint density at radius 2 is 2.03 bits per heavy atom. The fraction of sp³-hybridized carbons (Fsp3) is 0.481. The van der Waals surface area contributed by atoms with Crippen LogP contribution in [0.4, 0.5) is 0 Å². The van der Waals surface area contributed by atoms with Gasteiger partial charge >= 0.3 is 0 Å². The Labute approximate surface area is 215 Å². The van der Waals surface area contributed by atoms with Gasteiger partial charge in [-0.3, -0.25) is 9.69 Å². The molecule has 1 unspecified atom stereocenters. The average molecular weight is 507 g/mol. The summed E-state index contributed by atoms with van der Waals surface area (Å²) in [6, 6.07) is 12.3. The highest BCUT2D eigenvalue weighted by molar-refractivity contribution is 7.09. The zero-order chi connectivity index (χ0) is 24.9. The molecule has 0 bridgehead atoms. The number of ether oxygens (including phenoxy) is 1. The fourth-order valence-corrected chi connectivity index (χ4v) is 6.04. The molecule has 1 saturated carbocycles. The van der Waals surface area contributed by atoms with E-state index in [2.05, 4.69) is 54.5 Å².